The minimum absolute atomic E-state index is 0.00960. The summed E-state index contributed by atoms with van der Waals surface area (Å²) in [5.41, 5.74) is 10.3. The van der Waals surface area contributed by atoms with Crippen LogP contribution in [-0.4, -0.2) is 81.5 Å². The second kappa shape index (κ2) is 15.7. The molecule has 48 heavy (non-hydrogen) atoms. The van der Waals surface area contributed by atoms with Crippen molar-refractivity contribution < 1.29 is 18.0 Å². The maximum Gasteiger partial charge on any atom is 0.333 e. The zero-order chi connectivity index (χ0) is 34.3. The molecular weight excluding hydrogens is 650 g/mol. The molecule has 1 aliphatic carbocycles. The maximum atomic E-state index is 13.6. The number of benzene rings is 3. The first kappa shape index (κ1) is 35.0. The number of hydrazine groups is 1. The van der Waals surface area contributed by atoms with Crippen molar-refractivity contribution in [3.63, 3.8) is 0 Å². The summed E-state index contributed by atoms with van der Waals surface area (Å²) in [5, 5.41) is 5.93. The Morgan fingerprint density at radius 2 is 1.62 bits per heavy atom. The number of likely N-dealkylation sites (N-methyl/N-ethyl adjacent to an activating group) is 1. The maximum absolute atomic E-state index is 13.6. The molecule has 0 spiro atoms. The molecule has 1 atom stereocenters. The first-order valence-electron chi connectivity index (χ1n) is 15.8. The Hall–Kier alpha value is -4.36. The number of carbonyl (C=O) groups is 2. The highest BCUT2D eigenvalue weighted by Gasteiger charge is 2.25. The van der Waals surface area contributed by atoms with Crippen molar-refractivity contribution in [1.82, 2.24) is 29.8 Å². The fourth-order valence-corrected chi connectivity index (χ4v) is 7.45. The average molecular weight is 692 g/mol. The van der Waals surface area contributed by atoms with Gasteiger partial charge in [0.05, 0.1) is 21.6 Å². The Kier molecular flexibility index (Phi) is 11.4. The number of hydrogen-bond acceptors (Lipinski definition) is 7. The molecule has 13 heteroatoms. The summed E-state index contributed by atoms with van der Waals surface area (Å²) in [6.07, 6.45) is 3.76. The molecule has 0 radical (unpaired) electrons. The second-order valence-electron chi connectivity index (χ2n) is 12.2. The van der Waals surface area contributed by atoms with E-state index in [1.54, 1.807) is 0 Å². The van der Waals surface area contributed by atoms with Crippen LogP contribution in [0.4, 0.5) is 10.5 Å². The van der Waals surface area contributed by atoms with Crippen LogP contribution in [0.1, 0.15) is 45.2 Å². The normalized spacial score (nSPS) is 14.2. The predicted molar refractivity (Wildman–Crippen MR) is 189 cm³/mol. The van der Waals surface area contributed by atoms with E-state index in [0.717, 1.165) is 41.0 Å². The van der Waals surface area contributed by atoms with Gasteiger partial charge in [0.2, 0.25) is 0 Å². The van der Waals surface area contributed by atoms with E-state index in [1.165, 1.54) is 47.7 Å². The molecule has 0 aliphatic heterocycles. The Morgan fingerprint density at radius 1 is 0.896 bits per heavy atom. The number of urea groups is 1. The average Bonchev–Trinajstić information content (AvgIpc) is 3.50. The summed E-state index contributed by atoms with van der Waals surface area (Å²) >= 11 is 6.48. The van der Waals surface area contributed by atoms with Crippen molar-refractivity contribution in [2.75, 3.05) is 52.7 Å². The van der Waals surface area contributed by atoms with Crippen molar-refractivity contribution in [1.29, 1.82) is 0 Å². The summed E-state index contributed by atoms with van der Waals surface area (Å²) in [6.45, 7) is 2.86. The van der Waals surface area contributed by atoms with Crippen LogP contribution in [0.2, 0.25) is 5.02 Å². The molecule has 0 fully saturated rings. The van der Waals surface area contributed by atoms with E-state index in [0.29, 0.717) is 25.2 Å². The third kappa shape index (κ3) is 8.56. The van der Waals surface area contributed by atoms with E-state index < -0.39 is 22.0 Å². The first-order valence-corrected chi connectivity index (χ1v) is 17.7. The highest BCUT2D eigenvalue weighted by molar-refractivity contribution is 7.90. The second-order valence-corrected chi connectivity index (χ2v) is 14.4. The highest BCUT2D eigenvalue weighted by atomic mass is 35.5. The van der Waals surface area contributed by atoms with Gasteiger partial charge in [-0.2, -0.15) is 0 Å². The van der Waals surface area contributed by atoms with E-state index in [9.17, 15) is 18.0 Å². The molecule has 0 saturated heterocycles. The number of nitrogens with zero attached hydrogens (tertiary/aromatic N) is 3. The van der Waals surface area contributed by atoms with Gasteiger partial charge in [0.15, 0.2) is 0 Å². The quantitative estimate of drug-likeness (QED) is 0.152. The van der Waals surface area contributed by atoms with Gasteiger partial charge in [0.25, 0.3) is 15.9 Å². The summed E-state index contributed by atoms with van der Waals surface area (Å²) < 4.78 is 28.1. The van der Waals surface area contributed by atoms with Gasteiger partial charge in [-0.05, 0) is 106 Å². The zero-order valence-corrected chi connectivity index (χ0v) is 28.9. The number of halogens is 1. The molecule has 254 valence electrons. The molecule has 3 aromatic carbocycles. The summed E-state index contributed by atoms with van der Waals surface area (Å²) in [7, 11) is 1.88. The van der Waals surface area contributed by atoms with Crippen LogP contribution in [0.15, 0.2) is 90.0 Å². The van der Waals surface area contributed by atoms with Crippen molar-refractivity contribution in [2.24, 2.45) is 0 Å². The summed E-state index contributed by atoms with van der Waals surface area (Å²) in [5.74, 6) is -0.496. The van der Waals surface area contributed by atoms with Gasteiger partial charge < -0.3 is 20.4 Å². The van der Waals surface area contributed by atoms with Gasteiger partial charge in [-0.15, -0.1) is 0 Å². The number of rotatable bonds is 13. The Balaban J connectivity index is 1.19. The molecule has 11 nitrogen and oxygen atoms in total. The van der Waals surface area contributed by atoms with Gasteiger partial charge >= 0.3 is 6.03 Å². The van der Waals surface area contributed by atoms with Crippen LogP contribution in [0.3, 0.4) is 0 Å². The Bertz CT molecular complexity index is 1860. The first-order chi connectivity index (χ1) is 23.0. The molecule has 1 aliphatic rings. The van der Waals surface area contributed by atoms with Gasteiger partial charge in [-0.1, -0.05) is 60.1 Å². The van der Waals surface area contributed by atoms with Crippen LogP contribution in [0, 0.1) is 0 Å². The monoisotopic (exact) mass is 691 g/mol. The molecule has 1 heterocycles. The van der Waals surface area contributed by atoms with Crippen molar-refractivity contribution in [3.05, 3.63) is 118 Å². The van der Waals surface area contributed by atoms with E-state index >= 15 is 0 Å². The lowest BCUT2D eigenvalue weighted by Gasteiger charge is -2.21. The predicted octanol–water partition coefficient (Wildman–Crippen LogP) is 4.51. The lowest BCUT2D eigenvalue weighted by atomic mass is 9.98. The summed E-state index contributed by atoms with van der Waals surface area (Å²) in [4.78, 5) is 30.1. The fraction of sp³-hybridized carbons (Fsp3) is 0.314. The van der Waals surface area contributed by atoms with Crippen molar-refractivity contribution in [2.45, 2.75) is 30.2 Å². The number of hydrogen-bond donors (Lipinski definition) is 4. The lowest BCUT2D eigenvalue weighted by Crippen LogP contribution is -2.41. The van der Waals surface area contributed by atoms with Gasteiger partial charge in [-0.25, -0.2) is 17.2 Å². The van der Waals surface area contributed by atoms with Crippen LogP contribution >= 0.6 is 11.6 Å². The van der Waals surface area contributed by atoms with E-state index in [-0.39, 0.29) is 21.7 Å². The van der Waals surface area contributed by atoms with Gasteiger partial charge in [-0.3, -0.25) is 15.6 Å². The SMILES string of the molecule is CN(C)CCCN(C)CCNC(=O)c1cccn1S(=O)(=O)c1ccc(NNC(=O)NC2Cc3ccccc3Cc3ccccc32)c(Cl)c1. The van der Waals surface area contributed by atoms with Crippen LogP contribution in [0.25, 0.3) is 0 Å². The minimum atomic E-state index is -4.15. The van der Waals surface area contributed by atoms with Crippen molar-refractivity contribution >= 4 is 39.2 Å². The third-order valence-corrected chi connectivity index (χ3v) is 10.3. The number of carbonyl (C=O) groups excluding carboxylic acids is 2. The number of amides is 3. The standard InChI is InChI=1S/C35H42ClN7O4S/c1-41(2)18-9-19-42(3)21-17-37-34(44)33-14-8-20-43(33)48(46,47)28-15-16-31(30(36)24-28)39-40-35(45)38-32-23-26-11-5-4-10-25(26)22-27-12-6-7-13-29(27)32/h4-8,10-16,20,24,32,39H,9,17-19,21-23H2,1-3H3,(H,37,44)(H2,38,40,45). The molecule has 4 aromatic rings. The van der Waals surface area contributed by atoms with E-state index in [2.05, 4.69) is 49.5 Å². The molecule has 4 N–H and O–H groups in total. The topological polar surface area (TPSA) is 128 Å². The fourth-order valence-electron chi connectivity index (χ4n) is 5.79. The number of fused-ring (bicyclic) bond motifs is 2. The highest BCUT2D eigenvalue weighted by Crippen LogP contribution is 2.31. The largest absolute Gasteiger partial charge is 0.349 e. The molecule has 1 aromatic heterocycles. The van der Waals surface area contributed by atoms with Crippen molar-refractivity contribution in [3.8, 4) is 0 Å². The summed E-state index contributed by atoms with van der Waals surface area (Å²) in [6, 6.07) is 22.6. The molecule has 0 saturated carbocycles. The van der Waals surface area contributed by atoms with Crippen LogP contribution in [0.5, 0.6) is 0 Å². The molecule has 0 bridgehead atoms. The molecule has 3 amide bonds. The van der Waals surface area contributed by atoms with Crippen LogP contribution < -0.4 is 21.5 Å². The Morgan fingerprint density at radius 3 is 2.38 bits per heavy atom. The number of aromatic nitrogens is 1. The lowest BCUT2D eigenvalue weighted by molar-refractivity contribution is 0.0943. The minimum Gasteiger partial charge on any atom is -0.349 e. The number of anilines is 1. The molecule has 1 unspecified atom stereocenters. The van der Waals surface area contributed by atoms with Gasteiger partial charge in [0, 0.05) is 19.3 Å². The third-order valence-electron chi connectivity index (χ3n) is 8.34. The molecule has 5 rings (SSSR count). The molecular formula is C35H42ClN7O4S. The van der Waals surface area contributed by atoms with E-state index in [1.807, 2.05) is 51.5 Å². The van der Waals surface area contributed by atoms with Crippen LogP contribution in [-0.2, 0) is 22.9 Å². The van der Waals surface area contributed by atoms with Gasteiger partial charge in [0.1, 0.15) is 5.69 Å². The van der Waals surface area contributed by atoms with E-state index in [4.69, 9.17) is 11.6 Å². The zero-order valence-electron chi connectivity index (χ0n) is 27.4. The smallest absolute Gasteiger partial charge is 0.333 e. The number of nitrogens with one attached hydrogen (secondary N) is 4. The Labute approximate surface area is 287 Å².